The quantitative estimate of drug-likeness (QED) is 0.0873. The molecule has 3 aromatic rings. The SMILES string of the molecule is CCOC(=O)CCCOc1cccc(CCCCCCOc2cc(OCC)cc(-c3ccc(F)cc3)c2)c1CCC(=O)OCC. The second-order valence-electron chi connectivity index (χ2n) is 10.6. The molecule has 0 unspecified atom stereocenters. The van der Waals surface area contributed by atoms with Crippen molar-refractivity contribution in [2.24, 2.45) is 0 Å². The van der Waals surface area contributed by atoms with E-state index in [0.29, 0.717) is 52.3 Å². The highest BCUT2D eigenvalue weighted by atomic mass is 19.1. The first-order chi connectivity index (χ1) is 21.9. The van der Waals surface area contributed by atoms with E-state index in [9.17, 15) is 14.0 Å². The van der Waals surface area contributed by atoms with E-state index < -0.39 is 0 Å². The fourth-order valence-corrected chi connectivity index (χ4v) is 5.03. The Hall–Kier alpha value is -4.07. The third-order valence-corrected chi connectivity index (χ3v) is 7.18. The summed E-state index contributed by atoms with van der Waals surface area (Å²) >= 11 is 0. The van der Waals surface area contributed by atoms with E-state index in [1.54, 1.807) is 26.0 Å². The number of rotatable bonds is 21. The van der Waals surface area contributed by atoms with Gasteiger partial charge < -0.3 is 23.7 Å². The van der Waals surface area contributed by atoms with Gasteiger partial charge in [-0.15, -0.1) is 0 Å². The van der Waals surface area contributed by atoms with Gasteiger partial charge in [0.25, 0.3) is 0 Å². The standard InChI is InChI=1S/C37H47FO7/c1-4-41-32-25-30(28-17-19-31(38)20-18-28)26-33(27-32)44-23-10-8-7-9-13-29-14-11-15-35(34(29)21-22-37(40)43-6-3)45-24-12-16-36(39)42-5-2/h11,14-15,17-20,25-27H,4-10,12-13,16,21-24H2,1-3H3. The van der Waals surface area contributed by atoms with Gasteiger partial charge in [-0.05, 0) is 105 Å². The van der Waals surface area contributed by atoms with Crippen molar-refractivity contribution in [3.8, 4) is 28.4 Å². The average Bonchev–Trinajstić information content (AvgIpc) is 3.03. The van der Waals surface area contributed by atoms with Crippen LogP contribution >= 0.6 is 0 Å². The molecule has 8 heteroatoms. The van der Waals surface area contributed by atoms with Gasteiger partial charge in [0, 0.05) is 18.9 Å². The van der Waals surface area contributed by atoms with Crippen molar-refractivity contribution in [3.05, 3.63) is 77.6 Å². The minimum atomic E-state index is -0.270. The lowest BCUT2D eigenvalue weighted by atomic mass is 9.96. The minimum absolute atomic E-state index is 0.225. The molecule has 244 valence electrons. The number of benzene rings is 3. The van der Waals surface area contributed by atoms with Crippen LogP contribution in [0.4, 0.5) is 4.39 Å². The topological polar surface area (TPSA) is 80.3 Å². The first-order valence-electron chi connectivity index (χ1n) is 16.1. The second kappa shape index (κ2) is 20.1. The van der Waals surface area contributed by atoms with Crippen LogP contribution in [0, 0.1) is 5.82 Å². The molecule has 3 rings (SSSR count). The fourth-order valence-electron chi connectivity index (χ4n) is 5.03. The van der Waals surface area contributed by atoms with Gasteiger partial charge in [0.1, 0.15) is 23.1 Å². The van der Waals surface area contributed by atoms with Crippen LogP contribution in [-0.4, -0.2) is 45.0 Å². The predicted molar refractivity (Wildman–Crippen MR) is 173 cm³/mol. The summed E-state index contributed by atoms with van der Waals surface area (Å²) in [6.45, 7) is 7.78. The maximum absolute atomic E-state index is 13.4. The lowest BCUT2D eigenvalue weighted by Crippen LogP contribution is -2.10. The molecule has 0 amide bonds. The van der Waals surface area contributed by atoms with Crippen molar-refractivity contribution in [1.82, 2.24) is 0 Å². The Labute approximate surface area is 267 Å². The van der Waals surface area contributed by atoms with Crippen LogP contribution in [0.1, 0.15) is 76.8 Å². The number of esters is 2. The van der Waals surface area contributed by atoms with Crippen molar-refractivity contribution in [2.45, 2.75) is 78.6 Å². The summed E-state index contributed by atoms with van der Waals surface area (Å²) in [5.74, 6) is 1.48. The van der Waals surface area contributed by atoms with Crippen LogP contribution in [0.25, 0.3) is 11.1 Å². The molecular formula is C37H47FO7. The number of hydrogen-bond donors (Lipinski definition) is 0. The van der Waals surface area contributed by atoms with Crippen molar-refractivity contribution < 1.29 is 37.7 Å². The number of aryl methyl sites for hydroxylation is 1. The number of halogens is 1. The molecular weight excluding hydrogens is 575 g/mol. The summed E-state index contributed by atoms with van der Waals surface area (Å²) in [6, 6.07) is 18.2. The molecule has 0 fully saturated rings. The zero-order chi connectivity index (χ0) is 32.3. The summed E-state index contributed by atoms with van der Waals surface area (Å²) in [7, 11) is 0. The van der Waals surface area contributed by atoms with Crippen LogP contribution in [0.5, 0.6) is 17.2 Å². The smallest absolute Gasteiger partial charge is 0.306 e. The van der Waals surface area contributed by atoms with Crippen molar-refractivity contribution in [1.29, 1.82) is 0 Å². The molecule has 0 aliphatic carbocycles. The van der Waals surface area contributed by atoms with E-state index in [-0.39, 0.29) is 24.2 Å². The molecule has 0 aliphatic heterocycles. The highest BCUT2D eigenvalue weighted by molar-refractivity contribution is 5.70. The Balaban J connectivity index is 1.51. The summed E-state index contributed by atoms with van der Waals surface area (Å²) in [5, 5.41) is 0. The highest BCUT2D eigenvalue weighted by Gasteiger charge is 2.13. The van der Waals surface area contributed by atoms with Crippen LogP contribution in [-0.2, 0) is 31.9 Å². The van der Waals surface area contributed by atoms with E-state index >= 15 is 0 Å². The predicted octanol–water partition coefficient (Wildman–Crippen LogP) is 8.29. The fraction of sp³-hybridized carbons (Fsp3) is 0.459. The molecule has 0 bridgehead atoms. The number of carbonyl (C=O) groups is 2. The number of unbranched alkanes of at least 4 members (excludes halogenated alkanes) is 3. The van der Waals surface area contributed by atoms with Crippen LogP contribution in [0.2, 0.25) is 0 Å². The van der Waals surface area contributed by atoms with Gasteiger partial charge in [-0.1, -0.05) is 37.1 Å². The van der Waals surface area contributed by atoms with Gasteiger partial charge in [0.2, 0.25) is 0 Å². The Morgan fingerprint density at radius 3 is 2.00 bits per heavy atom. The van der Waals surface area contributed by atoms with Gasteiger partial charge in [-0.3, -0.25) is 9.59 Å². The van der Waals surface area contributed by atoms with Gasteiger partial charge in [0.15, 0.2) is 0 Å². The molecule has 0 aromatic heterocycles. The molecule has 45 heavy (non-hydrogen) atoms. The summed E-state index contributed by atoms with van der Waals surface area (Å²) in [4.78, 5) is 23.8. The molecule has 0 aliphatic rings. The molecule has 0 spiro atoms. The molecule has 0 radical (unpaired) electrons. The van der Waals surface area contributed by atoms with Gasteiger partial charge in [0.05, 0.1) is 33.0 Å². The Morgan fingerprint density at radius 1 is 0.622 bits per heavy atom. The van der Waals surface area contributed by atoms with Crippen molar-refractivity contribution >= 4 is 11.9 Å². The van der Waals surface area contributed by atoms with Gasteiger partial charge in [-0.25, -0.2) is 4.39 Å². The average molecular weight is 623 g/mol. The van der Waals surface area contributed by atoms with Crippen LogP contribution < -0.4 is 14.2 Å². The van der Waals surface area contributed by atoms with E-state index in [1.165, 1.54) is 17.7 Å². The van der Waals surface area contributed by atoms with Gasteiger partial charge in [-0.2, -0.15) is 0 Å². The largest absolute Gasteiger partial charge is 0.494 e. The number of carbonyl (C=O) groups excluding carboxylic acids is 2. The van der Waals surface area contributed by atoms with Crippen LogP contribution in [0.15, 0.2) is 60.7 Å². The molecule has 0 N–H and O–H groups in total. The van der Waals surface area contributed by atoms with E-state index in [2.05, 4.69) is 6.07 Å². The summed E-state index contributed by atoms with van der Waals surface area (Å²) in [5.41, 5.74) is 4.01. The first-order valence-corrected chi connectivity index (χ1v) is 16.1. The zero-order valence-electron chi connectivity index (χ0n) is 26.9. The maximum Gasteiger partial charge on any atom is 0.306 e. The Kier molecular flexibility index (Phi) is 15.8. The van der Waals surface area contributed by atoms with Crippen LogP contribution in [0.3, 0.4) is 0 Å². The second-order valence-corrected chi connectivity index (χ2v) is 10.6. The molecule has 0 saturated heterocycles. The molecule has 0 saturated carbocycles. The van der Waals surface area contributed by atoms with Gasteiger partial charge >= 0.3 is 11.9 Å². The summed E-state index contributed by atoms with van der Waals surface area (Å²) in [6.07, 6.45) is 6.51. The number of ether oxygens (including phenoxy) is 5. The molecule has 3 aromatic carbocycles. The highest BCUT2D eigenvalue weighted by Crippen LogP contribution is 2.31. The number of hydrogen-bond acceptors (Lipinski definition) is 7. The van der Waals surface area contributed by atoms with Crippen molar-refractivity contribution in [3.63, 3.8) is 0 Å². The minimum Gasteiger partial charge on any atom is -0.494 e. The molecule has 0 atom stereocenters. The first kappa shape index (κ1) is 35.4. The lowest BCUT2D eigenvalue weighted by molar-refractivity contribution is -0.144. The Bertz CT molecular complexity index is 1320. The van der Waals surface area contributed by atoms with E-state index in [4.69, 9.17) is 23.7 Å². The Morgan fingerprint density at radius 2 is 1.29 bits per heavy atom. The summed E-state index contributed by atoms with van der Waals surface area (Å²) < 4.78 is 41.4. The lowest BCUT2D eigenvalue weighted by Gasteiger charge is -2.16. The normalized spacial score (nSPS) is 10.8. The van der Waals surface area contributed by atoms with Crippen molar-refractivity contribution in [2.75, 3.05) is 33.0 Å². The molecule has 0 heterocycles. The van der Waals surface area contributed by atoms with E-state index in [0.717, 1.165) is 66.0 Å². The molecule has 7 nitrogen and oxygen atoms in total. The third kappa shape index (κ3) is 12.8. The third-order valence-electron chi connectivity index (χ3n) is 7.18. The zero-order valence-corrected chi connectivity index (χ0v) is 26.9. The van der Waals surface area contributed by atoms with E-state index in [1.807, 2.05) is 37.3 Å². The monoisotopic (exact) mass is 622 g/mol. The maximum atomic E-state index is 13.4.